The number of anilines is 1. The number of benzene rings is 3. The zero-order valence-electron chi connectivity index (χ0n) is 19.4. The van der Waals surface area contributed by atoms with Gasteiger partial charge in [-0.2, -0.15) is 4.58 Å². The predicted molar refractivity (Wildman–Crippen MR) is 137 cm³/mol. The average molecular weight is 456 g/mol. The number of fused-ring (bicyclic) bond motifs is 4. The Kier molecular flexibility index (Phi) is 5.59. The molecule has 0 spiro atoms. The Morgan fingerprint density at radius 2 is 1.82 bits per heavy atom. The molecule has 0 aliphatic carbocycles. The van der Waals surface area contributed by atoms with Gasteiger partial charge >= 0.3 is 5.97 Å². The first-order chi connectivity index (χ1) is 16.0. The van der Waals surface area contributed by atoms with Gasteiger partial charge in [-0.25, -0.2) is 4.79 Å². The first-order valence-corrected chi connectivity index (χ1v) is 12.1. The highest BCUT2D eigenvalue weighted by Crippen LogP contribution is 2.51. The Bertz CT molecular complexity index is 1380. The molecule has 4 nitrogen and oxygen atoms in total. The fourth-order valence-corrected chi connectivity index (χ4v) is 6.19. The van der Waals surface area contributed by atoms with E-state index in [1.54, 1.807) is 6.08 Å². The summed E-state index contributed by atoms with van der Waals surface area (Å²) >= 11 is 1.82. The number of hydrogen-bond donors (Lipinski definition) is 0. The molecule has 3 aromatic rings. The zero-order chi connectivity index (χ0) is 23.1. The van der Waals surface area contributed by atoms with Crippen molar-refractivity contribution in [3.63, 3.8) is 0 Å². The summed E-state index contributed by atoms with van der Waals surface area (Å²) < 4.78 is 7.46. The molecule has 5 heteroatoms. The number of thioether (sulfide) groups is 1. The molecule has 5 rings (SSSR count). The molecule has 0 atom stereocenters. The number of rotatable bonds is 4. The molecule has 2 heterocycles. The Morgan fingerprint density at radius 3 is 2.61 bits per heavy atom. The molecule has 0 saturated heterocycles. The number of hydrogen-bond acceptors (Lipinski definition) is 4. The van der Waals surface area contributed by atoms with Crippen molar-refractivity contribution in [1.82, 2.24) is 0 Å². The van der Waals surface area contributed by atoms with Gasteiger partial charge in [0, 0.05) is 23.6 Å². The summed E-state index contributed by atoms with van der Waals surface area (Å²) in [6.45, 7) is 7.41. The Balaban J connectivity index is 1.69. The van der Waals surface area contributed by atoms with Crippen LogP contribution in [0.3, 0.4) is 0 Å². The van der Waals surface area contributed by atoms with Gasteiger partial charge in [0.25, 0.3) is 0 Å². The van der Waals surface area contributed by atoms with Crippen LogP contribution in [0, 0.1) is 0 Å². The standard InChI is InChI=1S/C28H27N2O2S/c1-5-30-24-16-15-19-11-7-8-12-20(19)27(24)33-28(30)18(3)26-22(17-25(31)32-6-2)21-13-9-10-14-23(21)29(26)4/h7-17H,5-6H2,1-4H3/q+1/b22-17-. The van der Waals surface area contributed by atoms with Crippen molar-refractivity contribution >= 4 is 51.2 Å². The summed E-state index contributed by atoms with van der Waals surface area (Å²) in [5.41, 5.74) is 6.49. The first-order valence-electron chi connectivity index (χ1n) is 11.3. The molecule has 0 amide bonds. The molecule has 2 aliphatic heterocycles. The van der Waals surface area contributed by atoms with Crippen LogP contribution in [0.4, 0.5) is 11.4 Å². The molecular weight excluding hydrogens is 428 g/mol. The summed E-state index contributed by atoms with van der Waals surface area (Å²) in [7, 11) is 2.07. The summed E-state index contributed by atoms with van der Waals surface area (Å²) in [6, 6.07) is 21.2. The van der Waals surface area contributed by atoms with Crippen LogP contribution in [0.25, 0.3) is 16.3 Å². The molecule has 2 aliphatic rings. The maximum Gasteiger partial charge on any atom is 0.331 e. The van der Waals surface area contributed by atoms with E-state index in [1.165, 1.54) is 26.4 Å². The van der Waals surface area contributed by atoms with Crippen molar-refractivity contribution in [1.29, 1.82) is 0 Å². The monoisotopic (exact) mass is 455 g/mol. The maximum absolute atomic E-state index is 12.5. The van der Waals surface area contributed by atoms with Gasteiger partial charge in [0.15, 0.2) is 0 Å². The SMILES string of the molecule is CCOC(=O)/C=C1\C(/C(C)=C2\Sc3c(ccc4ccccc34)N2CC)=[N+](C)c2ccccc21. The van der Waals surface area contributed by atoms with Gasteiger partial charge in [-0.3, -0.25) is 0 Å². The highest BCUT2D eigenvalue weighted by atomic mass is 32.2. The van der Waals surface area contributed by atoms with E-state index in [0.717, 1.165) is 34.7 Å². The van der Waals surface area contributed by atoms with Gasteiger partial charge < -0.3 is 9.64 Å². The Morgan fingerprint density at radius 1 is 1.06 bits per heavy atom. The lowest BCUT2D eigenvalue weighted by atomic mass is 9.98. The second-order valence-corrected chi connectivity index (χ2v) is 9.15. The minimum absolute atomic E-state index is 0.311. The fraction of sp³-hybridized carbons (Fsp3) is 0.214. The largest absolute Gasteiger partial charge is 0.463 e. The molecule has 0 fully saturated rings. The lowest BCUT2D eigenvalue weighted by Crippen LogP contribution is -2.21. The molecule has 0 radical (unpaired) electrons. The van der Waals surface area contributed by atoms with Crippen molar-refractivity contribution in [3.8, 4) is 0 Å². The number of ether oxygens (including phenoxy) is 1. The summed E-state index contributed by atoms with van der Waals surface area (Å²) in [5.74, 6) is -0.311. The van der Waals surface area contributed by atoms with Crippen LogP contribution < -0.4 is 4.90 Å². The number of allylic oxidation sites excluding steroid dienone is 2. The minimum atomic E-state index is -0.311. The highest BCUT2D eigenvalue weighted by Gasteiger charge is 2.38. The lowest BCUT2D eigenvalue weighted by molar-refractivity contribution is -0.400. The number of nitrogens with zero attached hydrogens (tertiary/aromatic N) is 2. The van der Waals surface area contributed by atoms with Gasteiger partial charge in [-0.15, -0.1) is 0 Å². The predicted octanol–water partition coefficient (Wildman–Crippen LogP) is 6.38. The molecule has 33 heavy (non-hydrogen) atoms. The summed E-state index contributed by atoms with van der Waals surface area (Å²) in [5, 5.41) is 3.73. The van der Waals surface area contributed by atoms with Crippen LogP contribution >= 0.6 is 11.8 Å². The molecule has 0 N–H and O–H groups in total. The van der Waals surface area contributed by atoms with Crippen LogP contribution in [0.5, 0.6) is 0 Å². The van der Waals surface area contributed by atoms with Gasteiger partial charge in [0.05, 0.1) is 34.0 Å². The Labute approximate surface area is 198 Å². The van der Waals surface area contributed by atoms with Crippen molar-refractivity contribution in [2.45, 2.75) is 25.7 Å². The smallest absolute Gasteiger partial charge is 0.331 e. The second-order valence-electron chi connectivity index (χ2n) is 8.15. The molecule has 0 unspecified atom stereocenters. The number of carbonyl (C=O) groups is 1. The van der Waals surface area contributed by atoms with E-state index in [0.29, 0.717) is 6.61 Å². The third kappa shape index (κ3) is 3.47. The van der Waals surface area contributed by atoms with Crippen LogP contribution in [0.1, 0.15) is 26.3 Å². The Hall–Kier alpha value is -3.31. The van der Waals surface area contributed by atoms with Crippen LogP contribution in [0.15, 0.2) is 82.2 Å². The molecule has 166 valence electrons. The number of esters is 1. The van der Waals surface area contributed by atoms with Crippen molar-refractivity contribution in [2.24, 2.45) is 0 Å². The van der Waals surface area contributed by atoms with E-state index >= 15 is 0 Å². The minimum Gasteiger partial charge on any atom is -0.463 e. The third-order valence-electron chi connectivity index (χ3n) is 6.28. The number of carbonyl (C=O) groups excluding carboxylic acids is 1. The second kappa shape index (κ2) is 8.56. The third-order valence-corrected chi connectivity index (χ3v) is 7.63. The lowest BCUT2D eigenvalue weighted by Gasteiger charge is -2.20. The topological polar surface area (TPSA) is 32.5 Å². The van der Waals surface area contributed by atoms with Crippen molar-refractivity contribution in [2.75, 3.05) is 25.1 Å². The first kappa shape index (κ1) is 21.5. The summed E-state index contributed by atoms with van der Waals surface area (Å²) in [6.07, 6.45) is 1.64. The van der Waals surface area contributed by atoms with E-state index in [1.807, 2.05) is 30.8 Å². The molecule has 0 bridgehead atoms. The van der Waals surface area contributed by atoms with E-state index in [-0.39, 0.29) is 5.97 Å². The fourth-order valence-electron chi connectivity index (χ4n) is 4.83. The summed E-state index contributed by atoms with van der Waals surface area (Å²) in [4.78, 5) is 16.2. The molecule has 3 aromatic carbocycles. The van der Waals surface area contributed by atoms with E-state index in [4.69, 9.17) is 4.74 Å². The quantitative estimate of drug-likeness (QED) is 0.260. The van der Waals surface area contributed by atoms with Gasteiger partial charge in [0.1, 0.15) is 7.05 Å². The van der Waals surface area contributed by atoms with Crippen molar-refractivity contribution in [3.05, 3.63) is 82.9 Å². The van der Waals surface area contributed by atoms with Gasteiger partial charge in [-0.05, 0) is 43.7 Å². The number of para-hydroxylation sites is 1. The average Bonchev–Trinajstić information content (AvgIpc) is 3.35. The maximum atomic E-state index is 12.5. The van der Waals surface area contributed by atoms with Crippen molar-refractivity contribution < 1.29 is 14.1 Å². The molecular formula is C28H27N2O2S+. The van der Waals surface area contributed by atoms with Crippen LogP contribution in [-0.2, 0) is 9.53 Å². The normalized spacial score (nSPS) is 17.6. The van der Waals surface area contributed by atoms with E-state index in [9.17, 15) is 4.79 Å². The van der Waals surface area contributed by atoms with Gasteiger partial charge in [0.2, 0.25) is 11.4 Å². The molecule has 0 aromatic heterocycles. The van der Waals surface area contributed by atoms with E-state index in [2.05, 4.69) is 78.9 Å². The molecule has 0 saturated carbocycles. The van der Waals surface area contributed by atoms with Crippen LogP contribution in [-0.4, -0.2) is 36.5 Å². The van der Waals surface area contributed by atoms with Crippen LogP contribution in [0.2, 0.25) is 0 Å². The zero-order valence-corrected chi connectivity index (χ0v) is 20.2. The van der Waals surface area contributed by atoms with E-state index < -0.39 is 0 Å². The highest BCUT2D eigenvalue weighted by molar-refractivity contribution is 8.04. The van der Waals surface area contributed by atoms with Gasteiger partial charge in [-0.1, -0.05) is 54.2 Å².